The Morgan fingerprint density at radius 1 is 0.952 bits per heavy atom. The predicted octanol–water partition coefficient (Wildman–Crippen LogP) is 4.13. The smallest absolute Gasteiger partial charge is 0.0830 e. The van der Waals surface area contributed by atoms with E-state index in [0.29, 0.717) is 6.42 Å². The number of aromatic nitrogens is 1. The second-order valence-corrected chi connectivity index (χ2v) is 5.61. The fraction of sp³-hybridized carbons (Fsp3) is 0.211. The molecule has 3 aromatic rings. The number of pyridine rings is 1. The minimum Gasteiger partial charge on any atom is -0.388 e. The standard InChI is InChI=1S/C19H19NO/c1-13-3-6-15(7-4-13)11-19(21)17-9-10-18-16(12-17)8-5-14(2)20-18/h3-10,12,19,21H,11H2,1-2H3. The van der Waals surface area contributed by atoms with Gasteiger partial charge in [0.05, 0.1) is 11.6 Å². The lowest BCUT2D eigenvalue weighted by molar-refractivity contribution is 0.178. The Morgan fingerprint density at radius 2 is 1.71 bits per heavy atom. The molecule has 2 heteroatoms. The molecule has 0 aliphatic carbocycles. The summed E-state index contributed by atoms with van der Waals surface area (Å²) in [6, 6.07) is 18.3. The first kappa shape index (κ1) is 13.8. The first-order chi connectivity index (χ1) is 10.1. The maximum Gasteiger partial charge on any atom is 0.0830 e. The van der Waals surface area contributed by atoms with Gasteiger partial charge in [0, 0.05) is 17.5 Å². The molecule has 2 aromatic carbocycles. The second kappa shape index (κ2) is 5.66. The molecule has 2 nitrogen and oxygen atoms in total. The molecule has 0 saturated carbocycles. The summed E-state index contributed by atoms with van der Waals surface area (Å²) in [5.41, 5.74) is 5.31. The minimum atomic E-state index is -0.488. The van der Waals surface area contributed by atoms with Gasteiger partial charge < -0.3 is 5.11 Å². The molecule has 1 atom stereocenters. The van der Waals surface area contributed by atoms with E-state index < -0.39 is 6.10 Å². The highest BCUT2D eigenvalue weighted by Gasteiger charge is 2.09. The lowest BCUT2D eigenvalue weighted by Gasteiger charge is -2.12. The summed E-state index contributed by atoms with van der Waals surface area (Å²) < 4.78 is 0. The maximum atomic E-state index is 10.4. The van der Waals surface area contributed by atoms with Gasteiger partial charge in [0.2, 0.25) is 0 Å². The molecule has 21 heavy (non-hydrogen) atoms. The van der Waals surface area contributed by atoms with Crippen molar-refractivity contribution >= 4 is 10.9 Å². The van der Waals surface area contributed by atoms with Crippen LogP contribution in [-0.2, 0) is 6.42 Å². The minimum absolute atomic E-state index is 0.488. The molecule has 0 fully saturated rings. The molecule has 0 spiro atoms. The van der Waals surface area contributed by atoms with Crippen molar-refractivity contribution in [3.63, 3.8) is 0 Å². The monoisotopic (exact) mass is 277 g/mol. The number of aliphatic hydroxyl groups excluding tert-OH is 1. The van der Waals surface area contributed by atoms with Crippen molar-refractivity contribution < 1.29 is 5.11 Å². The van der Waals surface area contributed by atoms with Gasteiger partial charge in [0.25, 0.3) is 0 Å². The van der Waals surface area contributed by atoms with Crippen molar-refractivity contribution in [3.05, 3.63) is 77.0 Å². The van der Waals surface area contributed by atoms with Crippen LogP contribution in [0, 0.1) is 13.8 Å². The average molecular weight is 277 g/mol. The number of benzene rings is 2. The van der Waals surface area contributed by atoms with Gasteiger partial charge in [-0.05, 0) is 43.2 Å². The Hall–Kier alpha value is -2.19. The summed E-state index contributed by atoms with van der Waals surface area (Å²) in [5.74, 6) is 0. The SMILES string of the molecule is Cc1ccc(CC(O)c2ccc3nc(C)ccc3c2)cc1. The largest absolute Gasteiger partial charge is 0.388 e. The molecule has 1 heterocycles. The molecule has 0 amide bonds. The fourth-order valence-corrected chi connectivity index (χ4v) is 2.52. The van der Waals surface area contributed by atoms with Gasteiger partial charge in [-0.15, -0.1) is 0 Å². The highest BCUT2D eigenvalue weighted by molar-refractivity contribution is 5.79. The van der Waals surface area contributed by atoms with Crippen LogP contribution in [0.3, 0.4) is 0 Å². The summed E-state index contributed by atoms with van der Waals surface area (Å²) in [7, 11) is 0. The topological polar surface area (TPSA) is 33.1 Å². The number of fused-ring (bicyclic) bond motifs is 1. The molecule has 0 aliphatic rings. The van der Waals surface area contributed by atoms with Crippen molar-refractivity contribution in [2.75, 3.05) is 0 Å². The molecule has 3 rings (SSSR count). The van der Waals surface area contributed by atoms with Crippen LogP contribution in [0.2, 0.25) is 0 Å². The molecule has 0 radical (unpaired) electrons. The van der Waals surface area contributed by atoms with E-state index >= 15 is 0 Å². The normalized spacial score (nSPS) is 12.5. The van der Waals surface area contributed by atoms with Crippen LogP contribution in [0.15, 0.2) is 54.6 Å². The van der Waals surface area contributed by atoms with E-state index in [1.54, 1.807) is 0 Å². The molecule has 0 bridgehead atoms. The van der Waals surface area contributed by atoms with Crippen LogP contribution in [0.5, 0.6) is 0 Å². The fourth-order valence-electron chi connectivity index (χ4n) is 2.52. The molecular formula is C19H19NO. The first-order valence-electron chi connectivity index (χ1n) is 7.23. The average Bonchev–Trinajstić information content (AvgIpc) is 2.49. The van der Waals surface area contributed by atoms with Gasteiger partial charge in [-0.2, -0.15) is 0 Å². The van der Waals surface area contributed by atoms with Crippen molar-refractivity contribution in [1.29, 1.82) is 0 Å². The third kappa shape index (κ3) is 3.11. The summed E-state index contributed by atoms with van der Waals surface area (Å²) in [4.78, 5) is 4.49. The van der Waals surface area contributed by atoms with Gasteiger partial charge in [-0.1, -0.05) is 42.0 Å². The van der Waals surface area contributed by atoms with Crippen molar-refractivity contribution in [3.8, 4) is 0 Å². The van der Waals surface area contributed by atoms with Crippen LogP contribution in [0.25, 0.3) is 10.9 Å². The van der Waals surface area contributed by atoms with Gasteiger partial charge in [0.1, 0.15) is 0 Å². The Balaban J connectivity index is 1.85. The van der Waals surface area contributed by atoms with Crippen LogP contribution < -0.4 is 0 Å². The number of aliphatic hydroxyl groups is 1. The third-order valence-electron chi connectivity index (χ3n) is 3.79. The van der Waals surface area contributed by atoms with E-state index in [-0.39, 0.29) is 0 Å². The summed E-state index contributed by atoms with van der Waals surface area (Å²) in [5, 5.41) is 11.5. The molecular weight excluding hydrogens is 258 g/mol. The zero-order valence-electron chi connectivity index (χ0n) is 12.4. The maximum absolute atomic E-state index is 10.4. The predicted molar refractivity (Wildman–Crippen MR) is 86.3 cm³/mol. The van der Waals surface area contributed by atoms with E-state index in [0.717, 1.165) is 27.7 Å². The molecule has 0 aliphatic heterocycles. The van der Waals surface area contributed by atoms with E-state index in [4.69, 9.17) is 0 Å². The molecule has 1 unspecified atom stereocenters. The summed E-state index contributed by atoms with van der Waals surface area (Å²) in [6.45, 7) is 4.05. The van der Waals surface area contributed by atoms with Gasteiger partial charge in [0.15, 0.2) is 0 Å². The van der Waals surface area contributed by atoms with Gasteiger partial charge in [-0.25, -0.2) is 0 Å². The van der Waals surface area contributed by atoms with Gasteiger partial charge >= 0.3 is 0 Å². The second-order valence-electron chi connectivity index (χ2n) is 5.61. The van der Waals surface area contributed by atoms with Crippen LogP contribution >= 0.6 is 0 Å². The summed E-state index contributed by atoms with van der Waals surface area (Å²) in [6.07, 6.45) is 0.142. The molecule has 1 aromatic heterocycles. The van der Waals surface area contributed by atoms with E-state index in [1.165, 1.54) is 5.56 Å². The molecule has 0 saturated heterocycles. The zero-order valence-corrected chi connectivity index (χ0v) is 12.4. The lowest BCUT2D eigenvalue weighted by atomic mass is 9.99. The van der Waals surface area contributed by atoms with E-state index in [9.17, 15) is 5.11 Å². The highest BCUT2D eigenvalue weighted by atomic mass is 16.3. The van der Waals surface area contributed by atoms with Crippen LogP contribution in [0.4, 0.5) is 0 Å². The lowest BCUT2D eigenvalue weighted by Crippen LogP contribution is -2.02. The Bertz CT molecular complexity index is 762. The number of nitrogens with zero attached hydrogens (tertiary/aromatic N) is 1. The quantitative estimate of drug-likeness (QED) is 0.781. The van der Waals surface area contributed by atoms with E-state index in [2.05, 4.69) is 42.2 Å². The zero-order chi connectivity index (χ0) is 14.8. The van der Waals surface area contributed by atoms with Crippen molar-refractivity contribution in [2.45, 2.75) is 26.4 Å². The number of hydrogen-bond acceptors (Lipinski definition) is 2. The van der Waals surface area contributed by atoms with Crippen molar-refractivity contribution in [1.82, 2.24) is 4.98 Å². The molecule has 106 valence electrons. The van der Waals surface area contributed by atoms with Crippen LogP contribution in [-0.4, -0.2) is 10.1 Å². The molecule has 1 N–H and O–H groups in total. The Kier molecular flexibility index (Phi) is 3.72. The Morgan fingerprint density at radius 3 is 2.48 bits per heavy atom. The van der Waals surface area contributed by atoms with Gasteiger partial charge in [-0.3, -0.25) is 4.98 Å². The number of aryl methyl sites for hydroxylation is 2. The third-order valence-corrected chi connectivity index (χ3v) is 3.79. The summed E-state index contributed by atoms with van der Waals surface area (Å²) >= 11 is 0. The van der Waals surface area contributed by atoms with E-state index in [1.807, 2.05) is 31.2 Å². The Labute approximate surface area is 125 Å². The first-order valence-corrected chi connectivity index (χ1v) is 7.23. The highest BCUT2D eigenvalue weighted by Crippen LogP contribution is 2.22. The number of hydrogen-bond donors (Lipinski definition) is 1. The van der Waals surface area contributed by atoms with Crippen LogP contribution in [0.1, 0.15) is 28.5 Å². The number of rotatable bonds is 3. The van der Waals surface area contributed by atoms with Crippen molar-refractivity contribution in [2.24, 2.45) is 0 Å².